The minimum absolute atomic E-state index is 0.0363. The van der Waals surface area contributed by atoms with Crippen LogP contribution in [-0.2, 0) is 9.59 Å². The minimum Gasteiger partial charge on any atom is -0.339 e. The van der Waals surface area contributed by atoms with Crippen molar-refractivity contribution in [1.82, 2.24) is 9.80 Å². The molecule has 0 aliphatic rings. The van der Waals surface area contributed by atoms with E-state index < -0.39 is 0 Å². The lowest BCUT2D eigenvalue weighted by Crippen LogP contribution is -2.46. The molecular weight excluding hydrogens is 216 g/mol. The van der Waals surface area contributed by atoms with Gasteiger partial charge in [0.05, 0.1) is 6.54 Å². The van der Waals surface area contributed by atoms with Crippen LogP contribution in [-0.4, -0.2) is 47.3 Å². The van der Waals surface area contributed by atoms with E-state index in [0.717, 1.165) is 19.3 Å². The molecule has 100 valence electrons. The van der Waals surface area contributed by atoms with Crippen molar-refractivity contribution in [2.24, 2.45) is 0 Å². The molecule has 2 amide bonds. The average molecular weight is 242 g/mol. The maximum absolute atomic E-state index is 12.1. The molecule has 0 saturated heterocycles. The largest absolute Gasteiger partial charge is 0.339 e. The van der Waals surface area contributed by atoms with Gasteiger partial charge in [-0.05, 0) is 33.6 Å². The highest BCUT2D eigenvalue weighted by Gasteiger charge is 2.21. The maximum Gasteiger partial charge on any atom is 0.242 e. The zero-order valence-electron chi connectivity index (χ0n) is 11.8. The summed E-state index contributed by atoms with van der Waals surface area (Å²) in [6, 6.07) is 0.352. The van der Waals surface area contributed by atoms with Gasteiger partial charge in [-0.3, -0.25) is 9.59 Å². The summed E-state index contributed by atoms with van der Waals surface area (Å²) in [7, 11) is 0. The number of carbonyl (C=O) groups is 2. The van der Waals surface area contributed by atoms with Gasteiger partial charge in [-0.25, -0.2) is 0 Å². The molecule has 0 radical (unpaired) electrons. The summed E-state index contributed by atoms with van der Waals surface area (Å²) >= 11 is 0. The quantitative estimate of drug-likeness (QED) is 0.610. The molecule has 0 rings (SSSR count). The first-order valence-electron chi connectivity index (χ1n) is 6.52. The Morgan fingerprint density at radius 3 is 2.00 bits per heavy atom. The molecule has 2 unspecified atom stereocenters. The Morgan fingerprint density at radius 1 is 1.12 bits per heavy atom. The molecule has 0 aromatic carbocycles. The van der Waals surface area contributed by atoms with Crippen molar-refractivity contribution in [3.05, 3.63) is 0 Å². The van der Waals surface area contributed by atoms with Crippen LogP contribution in [0.2, 0.25) is 0 Å². The van der Waals surface area contributed by atoms with Gasteiger partial charge in [-0.1, -0.05) is 13.8 Å². The van der Waals surface area contributed by atoms with Gasteiger partial charge in [-0.15, -0.1) is 0 Å². The van der Waals surface area contributed by atoms with Crippen molar-refractivity contribution in [2.75, 3.05) is 13.1 Å². The average Bonchev–Trinajstić information content (AvgIpc) is 2.35. The third-order valence-corrected chi connectivity index (χ3v) is 3.39. The second-order valence-electron chi connectivity index (χ2n) is 4.47. The zero-order valence-corrected chi connectivity index (χ0v) is 11.8. The van der Waals surface area contributed by atoms with Crippen LogP contribution in [0, 0.1) is 0 Å². The van der Waals surface area contributed by atoms with Crippen LogP contribution in [0.1, 0.15) is 47.5 Å². The van der Waals surface area contributed by atoms with Gasteiger partial charge in [0.2, 0.25) is 12.3 Å². The molecule has 0 N–H and O–H groups in total. The highest BCUT2D eigenvalue weighted by Crippen LogP contribution is 2.06. The van der Waals surface area contributed by atoms with Crippen molar-refractivity contribution in [2.45, 2.75) is 59.5 Å². The Bertz CT molecular complexity index is 244. The van der Waals surface area contributed by atoms with Crippen LogP contribution >= 0.6 is 0 Å². The predicted molar refractivity (Wildman–Crippen MR) is 69.7 cm³/mol. The van der Waals surface area contributed by atoms with E-state index in [1.165, 1.54) is 0 Å². The Balaban J connectivity index is 4.52. The fourth-order valence-corrected chi connectivity index (χ4v) is 1.73. The molecule has 0 aromatic heterocycles. The van der Waals surface area contributed by atoms with Crippen molar-refractivity contribution < 1.29 is 9.59 Å². The van der Waals surface area contributed by atoms with Gasteiger partial charge in [0.25, 0.3) is 0 Å². The van der Waals surface area contributed by atoms with E-state index in [9.17, 15) is 9.59 Å². The molecule has 0 saturated carbocycles. The Labute approximate surface area is 105 Å². The SMILES string of the molecule is CCC(C)N(C=O)CC(=O)N(CC)C(C)CC. The number of hydrogen-bond acceptors (Lipinski definition) is 2. The monoisotopic (exact) mass is 242 g/mol. The third-order valence-electron chi connectivity index (χ3n) is 3.39. The predicted octanol–water partition coefficient (Wildman–Crippen LogP) is 1.89. The molecule has 0 aliphatic heterocycles. The number of hydrogen-bond donors (Lipinski definition) is 0. The topological polar surface area (TPSA) is 40.6 Å². The molecule has 0 spiro atoms. The number of carbonyl (C=O) groups excluding carboxylic acids is 2. The van der Waals surface area contributed by atoms with E-state index in [2.05, 4.69) is 6.92 Å². The second-order valence-corrected chi connectivity index (χ2v) is 4.47. The van der Waals surface area contributed by atoms with Crippen LogP contribution in [0.5, 0.6) is 0 Å². The fraction of sp³-hybridized carbons (Fsp3) is 0.846. The molecule has 17 heavy (non-hydrogen) atoms. The van der Waals surface area contributed by atoms with E-state index in [4.69, 9.17) is 0 Å². The van der Waals surface area contributed by atoms with E-state index in [-0.39, 0.29) is 24.5 Å². The molecule has 0 fully saturated rings. The minimum atomic E-state index is 0.0363. The zero-order chi connectivity index (χ0) is 13.4. The van der Waals surface area contributed by atoms with Gasteiger partial charge in [-0.2, -0.15) is 0 Å². The van der Waals surface area contributed by atoms with E-state index in [1.807, 2.05) is 32.6 Å². The molecule has 0 bridgehead atoms. The molecule has 2 atom stereocenters. The number of nitrogens with zero attached hydrogens (tertiary/aromatic N) is 2. The van der Waals surface area contributed by atoms with Gasteiger partial charge >= 0.3 is 0 Å². The molecule has 4 nitrogen and oxygen atoms in total. The molecule has 0 aliphatic carbocycles. The molecule has 0 heterocycles. The molecule has 0 aromatic rings. The summed E-state index contributed by atoms with van der Waals surface area (Å²) in [6.45, 7) is 10.9. The normalized spacial score (nSPS) is 13.9. The lowest BCUT2D eigenvalue weighted by atomic mass is 10.2. The molecular formula is C13H26N2O2. The smallest absolute Gasteiger partial charge is 0.242 e. The highest BCUT2D eigenvalue weighted by molar-refractivity contribution is 5.80. The van der Waals surface area contributed by atoms with E-state index in [1.54, 1.807) is 4.90 Å². The Morgan fingerprint density at radius 2 is 1.65 bits per heavy atom. The second kappa shape index (κ2) is 8.09. The summed E-state index contributed by atoms with van der Waals surface area (Å²) in [6.07, 6.45) is 2.57. The lowest BCUT2D eigenvalue weighted by molar-refractivity contribution is -0.138. The van der Waals surface area contributed by atoms with Crippen molar-refractivity contribution >= 4 is 12.3 Å². The Kier molecular flexibility index (Phi) is 7.59. The standard InChI is InChI=1S/C13H26N2O2/c1-6-11(4)14(10-16)9-13(17)15(8-3)12(5)7-2/h10-12H,6-9H2,1-5H3. The Hall–Kier alpha value is -1.06. The van der Waals surface area contributed by atoms with Crippen LogP contribution < -0.4 is 0 Å². The summed E-state index contributed by atoms with van der Waals surface area (Å²) in [5, 5.41) is 0. The summed E-state index contributed by atoms with van der Waals surface area (Å²) in [5.74, 6) is 0.0363. The van der Waals surface area contributed by atoms with Crippen molar-refractivity contribution in [1.29, 1.82) is 0 Å². The van der Waals surface area contributed by atoms with Crippen LogP contribution in [0.15, 0.2) is 0 Å². The van der Waals surface area contributed by atoms with Gasteiger partial charge in [0.1, 0.15) is 0 Å². The van der Waals surface area contributed by atoms with Crippen LogP contribution in [0.3, 0.4) is 0 Å². The first kappa shape index (κ1) is 15.9. The van der Waals surface area contributed by atoms with Gasteiger partial charge in [0, 0.05) is 18.6 Å². The third kappa shape index (κ3) is 4.75. The van der Waals surface area contributed by atoms with Gasteiger partial charge < -0.3 is 9.80 Å². The summed E-state index contributed by atoms with van der Waals surface area (Å²) in [4.78, 5) is 26.4. The highest BCUT2D eigenvalue weighted by atomic mass is 16.2. The van der Waals surface area contributed by atoms with Crippen molar-refractivity contribution in [3.63, 3.8) is 0 Å². The number of amides is 2. The van der Waals surface area contributed by atoms with Gasteiger partial charge in [0.15, 0.2) is 0 Å². The summed E-state index contributed by atoms with van der Waals surface area (Å²) in [5.41, 5.74) is 0. The van der Waals surface area contributed by atoms with Crippen LogP contribution in [0.25, 0.3) is 0 Å². The van der Waals surface area contributed by atoms with Crippen molar-refractivity contribution in [3.8, 4) is 0 Å². The van der Waals surface area contributed by atoms with Crippen LogP contribution in [0.4, 0.5) is 0 Å². The summed E-state index contributed by atoms with van der Waals surface area (Å²) < 4.78 is 0. The lowest BCUT2D eigenvalue weighted by Gasteiger charge is -2.31. The number of likely N-dealkylation sites (N-methyl/N-ethyl adjacent to an activating group) is 1. The first-order chi connectivity index (χ1) is 8.01. The molecule has 4 heteroatoms. The fourth-order valence-electron chi connectivity index (χ4n) is 1.73. The van der Waals surface area contributed by atoms with E-state index in [0.29, 0.717) is 6.54 Å². The van der Waals surface area contributed by atoms with E-state index >= 15 is 0 Å². The first-order valence-corrected chi connectivity index (χ1v) is 6.52. The maximum atomic E-state index is 12.1. The number of rotatable bonds is 8.